The van der Waals surface area contributed by atoms with E-state index < -0.39 is 0 Å². The van der Waals surface area contributed by atoms with Crippen LogP contribution in [0.5, 0.6) is 0 Å². The van der Waals surface area contributed by atoms with Gasteiger partial charge in [-0.15, -0.1) is 0 Å². The maximum absolute atomic E-state index is 13.6. The minimum Gasteiger partial charge on any atom is -0.381 e. The van der Waals surface area contributed by atoms with Gasteiger partial charge in [-0.1, -0.05) is 6.42 Å². The zero-order chi connectivity index (χ0) is 23.2. The number of fused-ring (bicyclic) bond motifs is 3. The molecule has 1 aliphatic carbocycles. The van der Waals surface area contributed by atoms with Gasteiger partial charge in [-0.2, -0.15) is 5.10 Å². The molecule has 0 unspecified atom stereocenters. The lowest BCUT2D eigenvalue weighted by Gasteiger charge is -2.40. The molecule has 1 amide bonds. The topological polar surface area (TPSA) is 83.5 Å². The highest BCUT2D eigenvalue weighted by molar-refractivity contribution is 6.07. The first kappa shape index (κ1) is 21.8. The molecule has 8 nitrogen and oxygen atoms in total. The summed E-state index contributed by atoms with van der Waals surface area (Å²) >= 11 is 0. The summed E-state index contributed by atoms with van der Waals surface area (Å²) in [5.41, 5.74) is 3.11. The number of aromatic amines is 1. The quantitative estimate of drug-likeness (QED) is 0.643. The molecule has 1 aromatic carbocycles. The van der Waals surface area contributed by atoms with E-state index in [1.54, 1.807) is 6.20 Å². The number of aryl methyl sites for hydroxylation is 1. The summed E-state index contributed by atoms with van der Waals surface area (Å²) in [6, 6.07) is 4.51. The first-order chi connectivity index (χ1) is 16.6. The zero-order valence-corrected chi connectivity index (χ0v) is 19.9. The van der Waals surface area contributed by atoms with Gasteiger partial charge in [-0.05, 0) is 56.2 Å². The van der Waals surface area contributed by atoms with E-state index in [2.05, 4.69) is 15.0 Å². The predicted octanol–water partition coefficient (Wildman–Crippen LogP) is 2.92. The molecule has 180 valence electrons. The van der Waals surface area contributed by atoms with E-state index in [-0.39, 0.29) is 11.5 Å². The molecule has 2 aromatic heterocycles. The average molecular weight is 464 g/mol. The van der Waals surface area contributed by atoms with Gasteiger partial charge in [-0.25, -0.2) is 0 Å². The van der Waals surface area contributed by atoms with Gasteiger partial charge in [0.25, 0.3) is 11.5 Å². The van der Waals surface area contributed by atoms with Crippen LogP contribution < -0.4 is 5.56 Å². The average Bonchev–Trinajstić information content (AvgIpc) is 3.26. The third kappa shape index (κ3) is 3.82. The number of hydrogen-bond acceptors (Lipinski definition) is 5. The normalized spacial score (nSPS) is 20.8. The second kappa shape index (κ2) is 8.82. The van der Waals surface area contributed by atoms with Crippen LogP contribution in [0.3, 0.4) is 0 Å². The lowest BCUT2D eigenvalue weighted by molar-refractivity contribution is 0.0137. The van der Waals surface area contributed by atoms with Crippen LogP contribution in [0.2, 0.25) is 0 Å². The monoisotopic (exact) mass is 463 g/mol. The third-order valence-corrected chi connectivity index (χ3v) is 8.15. The van der Waals surface area contributed by atoms with Crippen LogP contribution in [0.25, 0.3) is 21.8 Å². The van der Waals surface area contributed by atoms with Crippen molar-refractivity contribution in [3.8, 4) is 0 Å². The summed E-state index contributed by atoms with van der Waals surface area (Å²) in [6.07, 6.45) is 7.53. The summed E-state index contributed by atoms with van der Waals surface area (Å²) in [6.45, 7) is 7.78. The van der Waals surface area contributed by atoms with E-state index >= 15 is 0 Å². The molecule has 0 radical (unpaired) electrons. The Morgan fingerprint density at radius 3 is 2.56 bits per heavy atom. The number of benzene rings is 1. The SMILES string of the molecule is Cc1cc2[nH]c(=O)c3cnn(CC4CCC4)c3c2cc1C(=O)N1CCN(C2CCOCC2)CC1. The van der Waals surface area contributed by atoms with Crippen molar-refractivity contribution in [2.24, 2.45) is 5.92 Å². The fraction of sp³-hybridized carbons (Fsp3) is 0.577. The van der Waals surface area contributed by atoms with Crippen molar-refractivity contribution in [1.82, 2.24) is 24.6 Å². The second-order valence-corrected chi connectivity index (χ2v) is 10.2. The molecule has 2 saturated heterocycles. The highest BCUT2D eigenvalue weighted by Gasteiger charge is 2.29. The summed E-state index contributed by atoms with van der Waals surface area (Å²) < 4.78 is 7.49. The summed E-state index contributed by atoms with van der Waals surface area (Å²) in [7, 11) is 0. The van der Waals surface area contributed by atoms with Crippen LogP contribution in [0, 0.1) is 12.8 Å². The summed E-state index contributed by atoms with van der Waals surface area (Å²) in [5, 5.41) is 6.05. The molecule has 1 N–H and O–H groups in total. The number of hydrogen-bond donors (Lipinski definition) is 1. The number of pyridine rings is 1. The maximum Gasteiger partial charge on any atom is 0.259 e. The molecule has 0 atom stereocenters. The van der Waals surface area contributed by atoms with Gasteiger partial charge in [0.05, 0.1) is 22.6 Å². The highest BCUT2D eigenvalue weighted by atomic mass is 16.5. The van der Waals surface area contributed by atoms with Gasteiger partial charge >= 0.3 is 0 Å². The Kier molecular flexibility index (Phi) is 5.65. The van der Waals surface area contributed by atoms with Crippen LogP contribution in [-0.2, 0) is 11.3 Å². The molecule has 2 aliphatic heterocycles. The number of nitrogens with one attached hydrogen (secondary N) is 1. The Balaban J connectivity index is 1.30. The molecule has 6 rings (SSSR count). The summed E-state index contributed by atoms with van der Waals surface area (Å²) in [5.74, 6) is 0.700. The van der Waals surface area contributed by atoms with Gasteiger partial charge in [0.15, 0.2) is 0 Å². The number of ether oxygens (including phenoxy) is 1. The van der Waals surface area contributed by atoms with Gasteiger partial charge in [-0.3, -0.25) is 19.2 Å². The van der Waals surface area contributed by atoms with Crippen molar-refractivity contribution in [3.63, 3.8) is 0 Å². The van der Waals surface area contributed by atoms with Gasteiger partial charge < -0.3 is 14.6 Å². The molecule has 3 aliphatic rings. The minimum atomic E-state index is -0.120. The van der Waals surface area contributed by atoms with E-state index in [1.807, 2.05) is 28.6 Å². The fourth-order valence-electron chi connectivity index (χ4n) is 5.83. The third-order valence-electron chi connectivity index (χ3n) is 8.15. The summed E-state index contributed by atoms with van der Waals surface area (Å²) in [4.78, 5) is 33.8. The second-order valence-electron chi connectivity index (χ2n) is 10.2. The molecular weight excluding hydrogens is 430 g/mol. The van der Waals surface area contributed by atoms with Crippen molar-refractivity contribution in [3.05, 3.63) is 39.8 Å². The minimum absolute atomic E-state index is 0.0791. The molecule has 1 saturated carbocycles. The zero-order valence-electron chi connectivity index (χ0n) is 19.9. The van der Waals surface area contributed by atoms with Crippen molar-refractivity contribution in [2.75, 3.05) is 39.4 Å². The number of carbonyl (C=O) groups excluding carboxylic acids is 1. The Morgan fingerprint density at radius 1 is 1.09 bits per heavy atom. The molecule has 3 aromatic rings. The Morgan fingerprint density at radius 2 is 1.85 bits per heavy atom. The number of amides is 1. The Labute approximate surface area is 198 Å². The number of aromatic nitrogens is 3. The Bertz CT molecular complexity index is 1280. The predicted molar refractivity (Wildman–Crippen MR) is 131 cm³/mol. The first-order valence-corrected chi connectivity index (χ1v) is 12.7. The number of nitrogens with zero attached hydrogens (tertiary/aromatic N) is 4. The van der Waals surface area contributed by atoms with E-state index in [0.29, 0.717) is 17.3 Å². The van der Waals surface area contributed by atoms with Gasteiger partial charge in [0, 0.05) is 62.9 Å². The van der Waals surface area contributed by atoms with Crippen LogP contribution in [0.4, 0.5) is 0 Å². The van der Waals surface area contributed by atoms with Crippen LogP contribution in [0.15, 0.2) is 23.1 Å². The van der Waals surface area contributed by atoms with E-state index in [9.17, 15) is 9.59 Å². The van der Waals surface area contributed by atoms with Crippen LogP contribution >= 0.6 is 0 Å². The van der Waals surface area contributed by atoms with Crippen molar-refractivity contribution in [2.45, 2.75) is 51.6 Å². The molecular formula is C26H33N5O3. The van der Waals surface area contributed by atoms with Crippen molar-refractivity contribution < 1.29 is 9.53 Å². The van der Waals surface area contributed by atoms with Crippen molar-refractivity contribution >= 4 is 27.7 Å². The standard InChI is InChI=1S/C26H33N5O3/c1-17-13-23-21(24-22(25(32)28-23)15-27-31(24)16-18-3-2-4-18)14-20(17)26(33)30-9-7-29(8-10-30)19-5-11-34-12-6-19/h13-15,18-19H,2-12,16H2,1H3,(H,28,32). The van der Waals surface area contributed by atoms with E-state index in [0.717, 1.165) is 86.3 Å². The first-order valence-electron chi connectivity index (χ1n) is 12.7. The molecule has 34 heavy (non-hydrogen) atoms. The van der Waals surface area contributed by atoms with Gasteiger partial charge in [0.1, 0.15) is 0 Å². The van der Waals surface area contributed by atoms with E-state index in [1.165, 1.54) is 19.3 Å². The van der Waals surface area contributed by atoms with E-state index in [4.69, 9.17) is 4.74 Å². The molecule has 8 heteroatoms. The molecule has 0 bridgehead atoms. The van der Waals surface area contributed by atoms with Crippen LogP contribution in [0.1, 0.15) is 48.0 Å². The molecule has 4 heterocycles. The lowest BCUT2D eigenvalue weighted by Crippen LogP contribution is -2.53. The van der Waals surface area contributed by atoms with Crippen molar-refractivity contribution in [1.29, 1.82) is 0 Å². The molecule has 3 fully saturated rings. The smallest absolute Gasteiger partial charge is 0.259 e. The number of piperazine rings is 1. The molecule has 0 spiro atoms. The number of rotatable bonds is 4. The van der Waals surface area contributed by atoms with Gasteiger partial charge in [0.2, 0.25) is 0 Å². The fourth-order valence-corrected chi connectivity index (χ4v) is 5.83. The maximum atomic E-state index is 13.6. The van der Waals surface area contributed by atoms with Crippen LogP contribution in [-0.4, -0.2) is 75.9 Å². The number of H-pyrrole nitrogens is 1. The highest BCUT2D eigenvalue weighted by Crippen LogP contribution is 2.31. The lowest BCUT2D eigenvalue weighted by atomic mass is 9.85. The largest absolute Gasteiger partial charge is 0.381 e. The number of carbonyl (C=O) groups is 1. The Hall–Kier alpha value is -2.71.